The van der Waals surface area contributed by atoms with Crippen LogP contribution in [0.3, 0.4) is 0 Å². The highest BCUT2D eigenvalue weighted by atomic mass is 32.2. The summed E-state index contributed by atoms with van der Waals surface area (Å²) in [6.07, 6.45) is -0.698. The Kier molecular flexibility index (Phi) is 5.48. The second-order valence-corrected chi connectivity index (χ2v) is 6.53. The van der Waals surface area contributed by atoms with Crippen LogP contribution in [0.1, 0.15) is 25.0 Å². The SMILES string of the molecule is CC(C)C(O)CNS(=O)(=O)Cc1ccc(C#N)cc1. The monoisotopic (exact) mass is 282 g/mol. The summed E-state index contributed by atoms with van der Waals surface area (Å²) >= 11 is 0. The molecule has 0 bridgehead atoms. The lowest BCUT2D eigenvalue weighted by molar-refractivity contribution is 0.129. The molecule has 1 rings (SSSR count). The molecule has 19 heavy (non-hydrogen) atoms. The molecule has 0 heterocycles. The molecular weight excluding hydrogens is 264 g/mol. The zero-order valence-electron chi connectivity index (χ0n) is 11.0. The highest BCUT2D eigenvalue weighted by Gasteiger charge is 2.15. The second-order valence-electron chi connectivity index (χ2n) is 4.73. The van der Waals surface area contributed by atoms with Crippen molar-refractivity contribution in [3.05, 3.63) is 35.4 Å². The molecule has 0 fully saturated rings. The highest BCUT2D eigenvalue weighted by molar-refractivity contribution is 7.88. The van der Waals surface area contributed by atoms with E-state index in [9.17, 15) is 13.5 Å². The summed E-state index contributed by atoms with van der Waals surface area (Å²) in [5.41, 5.74) is 1.09. The van der Waals surface area contributed by atoms with Gasteiger partial charge in [-0.05, 0) is 23.6 Å². The number of nitrogens with zero attached hydrogens (tertiary/aromatic N) is 1. The molecule has 6 heteroatoms. The third-order valence-electron chi connectivity index (χ3n) is 2.72. The first kappa shape index (κ1) is 15.6. The minimum absolute atomic E-state index is 0.00221. The van der Waals surface area contributed by atoms with Crippen LogP contribution < -0.4 is 4.72 Å². The van der Waals surface area contributed by atoms with Crippen molar-refractivity contribution in [1.29, 1.82) is 5.26 Å². The average molecular weight is 282 g/mol. The number of rotatable bonds is 6. The van der Waals surface area contributed by atoms with Gasteiger partial charge in [-0.15, -0.1) is 0 Å². The third kappa shape index (κ3) is 5.39. The van der Waals surface area contributed by atoms with Crippen molar-refractivity contribution in [2.45, 2.75) is 25.7 Å². The van der Waals surface area contributed by atoms with Gasteiger partial charge in [-0.25, -0.2) is 13.1 Å². The van der Waals surface area contributed by atoms with Crippen molar-refractivity contribution in [2.24, 2.45) is 5.92 Å². The van der Waals surface area contributed by atoms with E-state index in [-0.39, 0.29) is 18.2 Å². The first-order valence-electron chi connectivity index (χ1n) is 5.98. The van der Waals surface area contributed by atoms with Gasteiger partial charge in [0.1, 0.15) is 0 Å². The number of nitriles is 1. The zero-order valence-corrected chi connectivity index (χ0v) is 11.8. The summed E-state index contributed by atoms with van der Waals surface area (Å²) in [5.74, 6) is -0.165. The number of aliphatic hydroxyl groups is 1. The van der Waals surface area contributed by atoms with Crippen molar-refractivity contribution >= 4 is 10.0 Å². The molecule has 1 aromatic rings. The molecule has 0 aliphatic carbocycles. The van der Waals surface area contributed by atoms with Crippen LogP contribution in [0.5, 0.6) is 0 Å². The van der Waals surface area contributed by atoms with Crippen molar-refractivity contribution in [3.8, 4) is 6.07 Å². The van der Waals surface area contributed by atoms with Crippen molar-refractivity contribution in [3.63, 3.8) is 0 Å². The van der Waals surface area contributed by atoms with E-state index in [1.807, 2.05) is 19.9 Å². The van der Waals surface area contributed by atoms with E-state index < -0.39 is 16.1 Å². The molecule has 0 amide bonds. The molecule has 0 aliphatic heterocycles. The summed E-state index contributed by atoms with van der Waals surface area (Å²) in [5, 5.41) is 18.2. The van der Waals surface area contributed by atoms with E-state index in [4.69, 9.17) is 5.26 Å². The smallest absolute Gasteiger partial charge is 0.215 e. The quantitative estimate of drug-likeness (QED) is 0.814. The van der Waals surface area contributed by atoms with Gasteiger partial charge < -0.3 is 5.11 Å². The van der Waals surface area contributed by atoms with Crippen LogP contribution >= 0.6 is 0 Å². The lowest BCUT2D eigenvalue weighted by Crippen LogP contribution is -2.35. The van der Waals surface area contributed by atoms with Gasteiger partial charge in [0.25, 0.3) is 0 Å². The topological polar surface area (TPSA) is 90.2 Å². The van der Waals surface area contributed by atoms with Gasteiger partial charge in [0.05, 0.1) is 23.5 Å². The van der Waals surface area contributed by atoms with E-state index in [0.29, 0.717) is 11.1 Å². The number of sulfonamides is 1. The Morgan fingerprint density at radius 2 is 1.89 bits per heavy atom. The molecule has 0 aromatic heterocycles. The summed E-state index contributed by atoms with van der Waals surface area (Å²) in [7, 11) is -3.48. The zero-order chi connectivity index (χ0) is 14.5. The Bertz CT molecular complexity index is 544. The van der Waals surface area contributed by atoms with Gasteiger partial charge in [0, 0.05) is 6.54 Å². The molecule has 1 atom stereocenters. The molecule has 0 saturated carbocycles. The van der Waals surface area contributed by atoms with Crippen molar-refractivity contribution in [1.82, 2.24) is 4.72 Å². The van der Waals surface area contributed by atoms with E-state index in [1.54, 1.807) is 24.3 Å². The summed E-state index contributed by atoms with van der Waals surface area (Å²) in [4.78, 5) is 0. The van der Waals surface area contributed by atoms with Crippen LogP contribution in [0.4, 0.5) is 0 Å². The molecule has 0 spiro atoms. The summed E-state index contributed by atoms with van der Waals surface area (Å²) in [6, 6.07) is 8.34. The van der Waals surface area contributed by atoms with Crippen LogP contribution in [0.25, 0.3) is 0 Å². The summed E-state index contributed by atoms with van der Waals surface area (Å²) in [6.45, 7) is 3.65. The predicted octanol–water partition coefficient (Wildman–Crippen LogP) is 0.995. The third-order valence-corrected chi connectivity index (χ3v) is 4.04. The van der Waals surface area contributed by atoms with Crippen LogP contribution in [0.15, 0.2) is 24.3 Å². The maximum atomic E-state index is 11.8. The first-order valence-corrected chi connectivity index (χ1v) is 7.63. The molecule has 5 nitrogen and oxygen atoms in total. The van der Waals surface area contributed by atoms with Gasteiger partial charge in [-0.3, -0.25) is 0 Å². The van der Waals surface area contributed by atoms with Crippen LogP contribution in [-0.4, -0.2) is 26.2 Å². The van der Waals surface area contributed by atoms with Crippen LogP contribution in [-0.2, 0) is 15.8 Å². The number of aliphatic hydroxyl groups excluding tert-OH is 1. The fourth-order valence-corrected chi connectivity index (χ4v) is 2.55. The highest BCUT2D eigenvalue weighted by Crippen LogP contribution is 2.08. The van der Waals surface area contributed by atoms with Crippen LogP contribution in [0.2, 0.25) is 0 Å². The van der Waals surface area contributed by atoms with E-state index in [2.05, 4.69) is 4.72 Å². The molecule has 0 radical (unpaired) electrons. The fourth-order valence-electron chi connectivity index (χ4n) is 1.39. The molecule has 2 N–H and O–H groups in total. The van der Waals surface area contributed by atoms with E-state index >= 15 is 0 Å². The molecule has 104 valence electrons. The Morgan fingerprint density at radius 1 is 1.32 bits per heavy atom. The van der Waals surface area contributed by atoms with Gasteiger partial charge >= 0.3 is 0 Å². The minimum atomic E-state index is -3.48. The number of benzene rings is 1. The molecule has 0 aliphatic rings. The first-order chi connectivity index (χ1) is 8.84. The Morgan fingerprint density at radius 3 is 2.37 bits per heavy atom. The minimum Gasteiger partial charge on any atom is -0.391 e. The van der Waals surface area contributed by atoms with Crippen molar-refractivity contribution in [2.75, 3.05) is 6.54 Å². The lowest BCUT2D eigenvalue weighted by atomic mass is 10.1. The van der Waals surface area contributed by atoms with Gasteiger partial charge in [-0.2, -0.15) is 5.26 Å². The van der Waals surface area contributed by atoms with Crippen LogP contribution in [0, 0.1) is 17.2 Å². The Hall–Kier alpha value is -1.42. The van der Waals surface area contributed by atoms with E-state index in [1.165, 1.54) is 0 Å². The van der Waals surface area contributed by atoms with Crippen molar-refractivity contribution < 1.29 is 13.5 Å². The van der Waals surface area contributed by atoms with Gasteiger partial charge in [0.2, 0.25) is 10.0 Å². The molecule has 1 unspecified atom stereocenters. The summed E-state index contributed by atoms with van der Waals surface area (Å²) < 4.78 is 26.0. The number of hydrogen-bond acceptors (Lipinski definition) is 4. The maximum Gasteiger partial charge on any atom is 0.215 e. The Balaban J connectivity index is 2.61. The largest absolute Gasteiger partial charge is 0.391 e. The molecular formula is C13H18N2O3S. The molecule has 0 saturated heterocycles. The number of hydrogen-bond donors (Lipinski definition) is 2. The van der Waals surface area contributed by atoms with Gasteiger partial charge in [0.15, 0.2) is 0 Å². The second kappa shape index (κ2) is 6.66. The lowest BCUT2D eigenvalue weighted by Gasteiger charge is -2.15. The van der Waals surface area contributed by atoms with E-state index in [0.717, 1.165) is 0 Å². The normalized spacial score (nSPS) is 13.2. The fraction of sp³-hybridized carbons (Fsp3) is 0.462. The number of nitrogens with one attached hydrogen (secondary N) is 1. The standard InChI is InChI=1S/C13H18N2O3S/c1-10(2)13(16)8-15-19(17,18)9-12-5-3-11(7-14)4-6-12/h3-6,10,13,15-16H,8-9H2,1-2H3. The predicted molar refractivity (Wildman–Crippen MR) is 72.6 cm³/mol. The Labute approximate surface area is 113 Å². The maximum absolute atomic E-state index is 11.8. The van der Waals surface area contributed by atoms with Gasteiger partial charge in [-0.1, -0.05) is 26.0 Å². The molecule has 1 aromatic carbocycles. The average Bonchev–Trinajstić information content (AvgIpc) is 2.36.